The van der Waals surface area contributed by atoms with Crippen molar-refractivity contribution in [2.24, 2.45) is 0 Å². The molecule has 1 amide bonds. The Bertz CT molecular complexity index is 1040. The highest BCUT2D eigenvalue weighted by Crippen LogP contribution is 2.36. The van der Waals surface area contributed by atoms with Crippen molar-refractivity contribution in [1.29, 1.82) is 0 Å². The Morgan fingerprint density at radius 3 is 2.17 bits per heavy atom. The topological polar surface area (TPSA) is 81.1 Å². The fourth-order valence-corrected chi connectivity index (χ4v) is 3.57. The van der Waals surface area contributed by atoms with E-state index in [9.17, 15) is 43.9 Å². The standard InChI is InChI=1S/C15H12F7N3O3S/c1-7(2)25-12(15(20,21)22)9(6-23-25)13(26)24-29(27,28)11-4-3-8(16)5-10(11)14(17,18)19/h3-7H,1-2H3,(H,24,26). The van der Waals surface area contributed by atoms with Crippen LogP contribution in [-0.2, 0) is 22.4 Å². The molecule has 0 saturated heterocycles. The molecule has 1 aromatic carbocycles. The quantitative estimate of drug-likeness (QED) is 0.724. The number of amides is 1. The lowest BCUT2D eigenvalue weighted by atomic mass is 10.2. The number of nitrogens with zero attached hydrogens (tertiary/aromatic N) is 2. The van der Waals surface area contributed by atoms with Crippen LogP contribution in [0.5, 0.6) is 0 Å². The van der Waals surface area contributed by atoms with Gasteiger partial charge < -0.3 is 0 Å². The maximum atomic E-state index is 13.3. The van der Waals surface area contributed by atoms with E-state index in [-0.39, 0.29) is 12.1 Å². The maximum absolute atomic E-state index is 13.3. The molecule has 0 saturated carbocycles. The summed E-state index contributed by atoms with van der Waals surface area (Å²) >= 11 is 0. The van der Waals surface area contributed by atoms with Gasteiger partial charge in [-0.1, -0.05) is 0 Å². The van der Waals surface area contributed by atoms with E-state index in [2.05, 4.69) is 5.10 Å². The minimum Gasteiger partial charge on any atom is -0.268 e. The van der Waals surface area contributed by atoms with Crippen LogP contribution in [0.15, 0.2) is 29.3 Å². The van der Waals surface area contributed by atoms with Crippen molar-refractivity contribution in [2.45, 2.75) is 37.1 Å². The zero-order valence-corrected chi connectivity index (χ0v) is 15.4. The first-order valence-electron chi connectivity index (χ1n) is 7.64. The summed E-state index contributed by atoms with van der Waals surface area (Å²) in [6.07, 6.45) is -9.97. The summed E-state index contributed by atoms with van der Waals surface area (Å²) in [4.78, 5) is 10.6. The average Bonchev–Trinajstić information content (AvgIpc) is 2.99. The fourth-order valence-electron chi connectivity index (χ4n) is 2.39. The van der Waals surface area contributed by atoms with Crippen molar-refractivity contribution in [2.75, 3.05) is 0 Å². The molecule has 0 aliphatic carbocycles. The predicted molar refractivity (Wildman–Crippen MR) is 83.7 cm³/mol. The van der Waals surface area contributed by atoms with E-state index in [1.807, 2.05) is 0 Å². The highest BCUT2D eigenvalue weighted by molar-refractivity contribution is 7.90. The number of sulfonamides is 1. The molecule has 0 spiro atoms. The molecular formula is C15H12F7N3O3S. The second-order valence-electron chi connectivity index (χ2n) is 6.02. The number of alkyl halides is 6. The fraction of sp³-hybridized carbons (Fsp3) is 0.333. The monoisotopic (exact) mass is 447 g/mol. The van der Waals surface area contributed by atoms with Gasteiger partial charge in [-0.05, 0) is 32.0 Å². The van der Waals surface area contributed by atoms with Crippen LogP contribution in [0.25, 0.3) is 0 Å². The van der Waals surface area contributed by atoms with E-state index in [0.717, 1.165) is 4.72 Å². The van der Waals surface area contributed by atoms with Gasteiger partial charge >= 0.3 is 12.4 Å². The number of hydrogen-bond acceptors (Lipinski definition) is 4. The lowest BCUT2D eigenvalue weighted by Gasteiger charge is -2.16. The molecule has 0 unspecified atom stereocenters. The number of hydrogen-bond donors (Lipinski definition) is 1. The SMILES string of the molecule is CC(C)n1ncc(C(=O)NS(=O)(=O)c2ccc(F)cc2C(F)(F)F)c1C(F)(F)F. The van der Waals surface area contributed by atoms with Crippen molar-refractivity contribution in [1.82, 2.24) is 14.5 Å². The molecule has 0 aliphatic heterocycles. The minimum atomic E-state index is -5.31. The van der Waals surface area contributed by atoms with Gasteiger partial charge in [0.1, 0.15) is 5.82 Å². The highest BCUT2D eigenvalue weighted by Gasteiger charge is 2.42. The second kappa shape index (κ2) is 7.31. The van der Waals surface area contributed by atoms with Crippen LogP contribution in [0.3, 0.4) is 0 Å². The molecule has 160 valence electrons. The Morgan fingerprint density at radius 2 is 1.69 bits per heavy atom. The van der Waals surface area contributed by atoms with Crippen molar-refractivity contribution in [3.8, 4) is 0 Å². The van der Waals surface area contributed by atoms with E-state index in [1.54, 1.807) is 0 Å². The number of aromatic nitrogens is 2. The Kier molecular flexibility index (Phi) is 5.71. The normalized spacial score (nSPS) is 13.0. The lowest BCUT2D eigenvalue weighted by molar-refractivity contribution is -0.145. The van der Waals surface area contributed by atoms with Crippen molar-refractivity contribution in [3.05, 3.63) is 47.0 Å². The average molecular weight is 447 g/mol. The molecular weight excluding hydrogens is 435 g/mol. The molecule has 6 nitrogen and oxygen atoms in total. The van der Waals surface area contributed by atoms with Gasteiger partial charge in [0.05, 0.1) is 22.2 Å². The Labute approximate surface area is 159 Å². The molecule has 1 heterocycles. The first kappa shape index (κ1) is 22.6. The molecule has 0 atom stereocenters. The summed E-state index contributed by atoms with van der Waals surface area (Å²) in [5, 5.41) is 3.39. The molecule has 0 radical (unpaired) electrons. The summed E-state index contributed by atoms with van der Waals surface area (Å²) < 4.78 is 118. The van der Waals surface area contributed by atoms with E-state index >= 15 is 0 Å². The first-order valence-corrected chi connectivity index (χ1v) is 9.12. The third-order valence-corrected chi connectivity index (χ3v) is 4.95. The van der Waals surface area contributed by atoms with Crippen LogP contribution < -0.4 is 4.72 Å². The zero-order chi connectivity index (χ0) is 22.4. The highest BCUT2D eigenvalue weighted by atomic mass is 32.2. The Hall–Kier alpha value is -2.64. The van der Waals surface area contributed by atoms with Gasteiger partial charge in [0, 0.05) is 6.04 Å². The van der Waals surface area contributed by atoms with E-state index < -0.39 is 61.9 Å². The molecule has 14 heteroatoms. The Morgan fingerprint density at radius 1 is 1.10 bits per heavy atom. The maximum Gasteiger partial charge on any atom is 0.433 e. The number of nitrogens with one attached hydrogen (secondary N) is 1. The van der Waals surface area contributed by atoms with Gasteiger partial charge in [-0.15, -0.1) is 0 Å². The number of halogens is 7. The van der Waals surface area contributed by atoms with Crippen LogP contribution in [0, 0.1) is 5.82 Å². The lowest BCUT2D eigenvalue weighted by Crippen LogP contribution is -2.33. The van der Waals surface area contributed by atoms with Crippen LogP contribution in [0.4, 0.5) is 30.7 Å². The third-order valence-electron chi connectivity index (χ3n) is 3.56. The van der Waals surface area contributed by atoms with E-state index in [0.29, 0.717) is 16.9 Å². The Balaban J connectivity index is 2.53. The van der Waals surface area contributed by atoms with Crippen LogP contribution in [0.2, 0.25) is 0 Å². The number of benzene rings is 1. The summed E-state index contributed by atoms with van der Waals surface area (Å²) in [7, 11) is -5.30. The second-order valence-corrected chi connectivity index (χ2v) is 7.67. The summed E-state index contributed by atoms with van der Waals surface area (Å²) in [5.74, 6) is -3.25. The minimum absolute atomic E-state index is 0.114. The van der Waals surface area contributed by atoms with Gasteiger partial charge in [-0.3, -0.25) is 9.48 Å². The van der Waals surface area contributed by atoms with Gasteiger partial charge in [0.2, 0.25) is 0 Å². The number of carbonyl (C=O) groups is 1. The number of rotatable bonds is 4. The summed E-state index contributed by atoms with van der Waals surface area (Å²) in [6.45, 7) is 2.63. The molecule has 1 aromatic heterocycles. The molecule has 0 aliphatic rings. The largest absolute Gasteiger partial charge is 0.433 e. The van der Waals surface area contributed by atoms with Crippen molar-refractivity contribution < 1.29 is 43.9 Å². The molecule has 29 heavy (non-hydrogen) atoms. The summed E-state index contributed by atoms with van der Waals surface area (Å²) in [6, 6.07) is -0.335. The van der Waals surface area contributed by atoms with E-state index in [1.165, 1.54) is 13.8 Å². The smallest absolute Gasteiger partial charge is 0.268 e. The van der Waals surface area contributed by atoms with Gasteiger partial charge in [0.25, 0.3) is 15.9 Å². The van der Waals surface area contributed by atoms with Gasteiger partial charge in [0.15, 0.2) is 5.69 Å². The molecule has 2 aromatic rings. The molecule has 0 bridgehead atoms. The zero-order valence-electron chi connectivity index (χ0n) is 14.6. The van der Waals surface area contributed by atoms with Crippen LogP contribution in [-0.4, -0.2) is 24.1 Å². The van der Waals surface area contributed by atoms with Crippen LogP contribution >= 0.6 is 0 Å². The van der Waals surface area contributed by atoms with Crippen molar-refractivity contribution >= 4 is 15.9 Å². The van der Waals surface area contributed by atoms with E-state index in [4.69, 9.17) is 0 Å². The molecule has 0 fully saturated rings. The third kappa shape index (κ3) is 4.68. The number of carbonyl (C=O) groups excluding carboxylic acids is 1. The first-order chi connectivity index (χ1) is 13.1. The van der Waals surface area contributed by atoms with Crippen LogP contribution in [0.1, 0.15) is 41.5 Å². The van der Waals surface area contributed by atoms with Gasteiger partial charge in [-0.2, -0.15) is 31.4 Å². The molecule has 1 N–H and O–H groups in total. The van der Waals surface area contributed by atoms with Crippen molar-refractivity contribution in [3.63, 3.8) is 0 Å². The van der Waals surface area contributed by atoms with Gasteiger partial charge in [-0.25, -0.2) is 17.5 Å². The molecule has 2 rings (SSSR count). The summed E-state index contributed by atoms with van der Waals surface area (Å²) in [5.41, 5.74) is -4.70. The predicted octanol–water partition coefficient (Wildman–Crippen LogP) is 3.76.